The Kier molecular flexibility index (Phi) is 15.7. The van der Waals surface area contributed by atoms with E-state index < -0.39 is 0 Å². The Morgan fingerprint density at radius 2 is 0.725 bits per heavy atom. The molecule has 40 heavy (non-hydrogen) atoms. The second kappa shape index (κ2) is 19.6. The van der Waals surface area contributed by atoms with Gasteiger partial charge in [-0.15, -0.1) is 0 Å². The summed E-state index contributed by atoms with van der Waals surface area (Å²) in [5.41, 5.74) is 3.72. The van der Waals surface area contributed by atoms with Crippen LogP contribution >= 0.6 is 0 Å². The smallest absolute Gasteiger partial charge is 0.0717 e. The van der Waals surface area contributed by atoms with E-state index in [0.29, 0.717) is 37.6 Å². The number of hydrogen-bond donors (Lipinski definition) is 0. The third kappa shape index (κ3) is 14.2. The van der Waals surface area contributed by atoms with Crippen molar-refractivity contribution >= 4 is 0 Å². The zero-order valence-corrected chi connectivity index (χ0v) is 25.0. The van der Waals surface area contributed by atoms with Crippen molar-refractivity contribution in [1.29, 1.82) is 0 Å². The molecule has 0 N–H and O–H groups in total. The molecule has 0 saturated heterocycles. The molecule has 3 rings (SSSR count). The van der Waals surface area contributed by atoms with Crippen LogP contribution in [0.5, 0.6) is 0 Å². The molecule has 0 heterocycles. The first-order valence-corrected chi connectivity index (χ1v) is 15.2. The first-order chi connectivity index (χ1) is 19.6. The molecule has 0 aliphatic rings. The van der Waals surface area contributed by atoms with Crippen molar-refractivity contribution in [3.63, 3.8) is 0 Å². The van der Waals surface area contributed by atoms with Gasteiger partial charge in [-0.2, -0.15) is 0 Å². The van der Waals surface area contributed by atoms with E-state index in [9.17, 15) is 0 Å². The van der Waals surface area contributed by atoms with Gasteiger partial charge in [-0.25, -0.2) is 0 Å². The first-order valence-electron chi connectivity index (χ1n) is 15.2. The molecule has 0 saturated carbocycles. The minimum Gasteiger partial charge on any atom is -0.376 e. The molecule has 0 amide bonds. The summed E-state index contributed by atoms with van der Waals surface area (Å²) in [6.07, 6.45) is 3.44. The van der Waals surface area contributed by atoms with E-state index in [-0.39, 0.29) is 0 Å². The maximum atomic E-state index is 6.02. The molecular formula is C36H51NO3. The van der Waals surface area contributed by atoms with E-state index in [4.69, 9.17) is 14.2 Å². The standard InChI is InChI=1S/C36H51NO3/c1-31(25-38-28-34-13-7-4-8-14-34)19-22-37(23-20-32(2)26-39-29-35-15-9-5-10-16-35)24-21-33(3)27-40-30-36-17-11-6-12-18-36/h4-18,31-33H,19-30H2,1-3H3. The highest BCUT2D eigenvalue weighted by Gasteiger charge is 2.13. The monoisotopic (exact) mass is 545 g/mol. The number of nitrogens with zero attached hydrogens (tertiary/aromatic N) is 1. The minimum absolute atomic E-state index is 0.532. The Hall–Kier alpha value is -2.50. The van der Waals surface area contributed by atoms with Crippen molar-refractivity contribution in [2.45, 2.75) is 59.9 Å². The SMILES string of the molecule is CC(CCN(CCC(C)COCc1ccccc1)CCC(C)COCc1ccccc1)COCc1ccccc1. The van der Waals surface area contributed by atoms with Crippen LogP contribution in [0.3, 0.4) is 0 Å². The quantitative estimate of drug-likeness (QED) is 0.136. The first kappa shape index (κ1) is 32.0. The summed E-state index contributed by atoms with van der Waals surface area (Å²) in [7, 11) is 0. The zero-order chi connectivity index (χ0) is 28.3. The average molecular weight is 546 g/mol. The molecule has 3 aromatic rings. The molecule has 4 heteroatoms. The van der Waals surface area contributed by atoms with Gasteiger partial charge < -0.3 is 19.1 Å². The molecule has 4 nitrogen and oxygen atoms in total. The van der Waals surface area contributed by atoms with Crippen molar-refractivity contribution in [2.24, 2.45) is 17.8 Å². The van der Waals surface area contributed by atoms with Crippen LogP contribution < -0.4 is 0 Å². The van der Waals surface area contributed by atoms with E-state index in [1.807, 2.05) is 18.2 Å². The van der Waals surface area contributed by atoms with Crippen LogP contribution in [0.2, 0.25) is 0 Å². The summed E-state index contributed by atoms with van der Waals surface area (Å²) >= 11 is 0. The highest BCUT2D eigenvalue weighted by molar-refractivity contribution is 5.14. The lowest BCUT2D eigenvalue weighted by Crippen LogP contribution is -2.31. The number of benzene rings is 3. The van der Waals surface area contributed by atoms with Crippen LogP contribution in [0.1, 0.15) is 56.7 Å². The Balaban J connectivity index is 1.38. The van der Waals surface area contributed by atoms with E-state index in [1.165, 1.54) is 16.7 Å². The van der Waals surface area contributed by atoms with E-state index in [0.717, 1.165) is 58.7 Å². The van der Waals surface area contributed by atoms with Gasteiger partial charge in [-0.3, -0.25) is 0 Å². The fourth-order valence-corrected chi connectivity index (χ4v) is 4.65. The maximum Gasteiger partial charge on any atom is 0.0717 e. The molecule has 0 aliphatic heterocycles. The van der Waals surface area contributed by atoms with Crippen LogP contribution in [0.15, 0.2) is 91.0 Å². The summed E-state index contributed by atoms with van der Waals surface area (Å²) in [5.74, 6) is 1.60. The molecule has 3 unspecified atom stereocenters. The fourth-order valence-electron chi connectivity index (χ4n) is 4.65. The van der Waals surface area contributed by atoms with Gasteiger partial charge in [0.25, 0.3) is 0 Å². The van der Waals surface area contributed by atoms with E-state index in [1.54, 1.807) is 0 Å². The predicted molar refractivity (Wildman–Crippen MR) is 166 cm³/mol. The molecule has 3 atom stereocenters. The maximum absolute atomic E-state index is 6.02. The van der Waals surface area contributed by atoms with Gasteiger partial charge in [0, 0.05) is 19.8 Å². The molecular weight excluding hydrogens is 494 g/mol. The van der Waals surface area contributed by atoms with Gasteiger partial charge in [-0.1, -0.05) is 112 Å². The Labute approximate surface area is 243 Å². The number of rotatable bonds is 21. The Bertz CT molecular complexity index is 866. The largest absolute Gasteiger partial charge is 0.376 e. The third-order valence-electron chi connectivity index (χ3n) is 7.36. The van der Waals surface area contributed by atoms with Crippen LogP contribution in [0, 0.1) is 17.8 Å². The van der Waals surface area contributed by atoms with Crippen molar-refractivity contribution in [1.82, 2.24) is 4.90 Å². The van der Waals surface area contributed by atoms with Gasteiger partial charge >= 0.3 is 0 Å². The van der Waals surface area contributed by atoms with Gasteiger partial charge in [0.15, 0.2) is 0 Å². The van der Waals surface area contributed by atoms with Gasteiger partial charge in [0.05, 0.1) is 19.8 Å². The highest BCUT2D eigenvalue weighted by atomic mass is 16.5. The lowest BCUT2D eigenvalue weighted by atomic mass is 10.1. The van der Waals surface area contributed by atoms with Crippen LogP contribution in [-0.2, 0) is 34.0 Å². The molecule has 0 spiro atoms. The fraction of sp³-hybridized carbons (Fsp3) is 0.500. The highest BCUT2D eigenvalue weighted by Crippen LogP contribution is 2.14. The van der Waals surface area contributed by atoms with Crippen LogP contribution in [-0.4, -0.2) is 44.4 Å². The lowest BCUT2D eigenvalue weighted by Gasteiger charge is -2.27. The second-order valence-electron chi connectivity index (χ2n) is 11.5. The molecule has 3 aromatic carbocycles. The minimum atomic E-state index is 0.532. The van der Waals surface area contributed by atoms with Crippen molar-refractivity contribution in [2.75, 3.05) is 39.5 Å². The molecule has 0 bridgehead atoms. The second-order valence-corrected chi connectivity index (χ2v) is 11.5. The summed E-state index contributed by atoms with van der Waals surface area (Å²) in [4.78, 5) is 2.65. The van der Waals surface area contributed by atoms with Gasteiger partial charge in [0.1, 0.15) is 0 Å². The summed E-state index contributed by atoms with van der Waals surface area (Å²) in [5, 5.41) is 0. The molecule has 0 aliphatic carbocycles. The van der Waals surface area contributed by atoms with Gasteiger partial charge in [0.2, 0.25) is 0 Å². The molecule has 218 valence electrons. The average Bonchev–Trinajstić information content (AvgIpc) is 2.98. The van der Waals surface area contributed by atoms with E-state index in [2.05, 4.69) is 98.5 Å². The van der Waals surface area contributed by atoms with Crippen molar-refractivity contribution < 1.29 is 14.2 Å². The summed E-state index contributed by atoms with van der Waals surface area (Å²) < 4.78 is 18.1. The Morgan fingerprint density at radius 3 is 1.00 bits per heavy atom. The predicted octanol–water partition coefficient (Wildman–Crippen LogP) is 8.02. The van der Waals surface area contributed by atoms with Gasteiger partial charge in [-0.05, 0) is 73.3 Å². The van der Waals surface area contributed by atoms with Crippen LogP contribution in [0.4, 0.5) is 0 Å². The normalized spacial score (nSPS) is 13.8. The van der Waals surface area contributed by atoms with Crippen LogP contribution in [0.25, 0.3) is 0 Å². The number of ether oxygens (including phenoxy) is 3. The number of hydrogen-bond acceptors (Lipinski definition) is 4. The molecule has 0 radical (unpaired) electrons. The van der Waals surface area contributed by atoms with E-state index >= 15 is 0 Å². The van der Waals surface area contributed by atoms with Crippen molar-refractivity contribution in [3.8, 4) is 0 Å². The van der Waals surface area contributed by atoms with Crippen molar-refractivity contribution in [3.05, 3.63) is 108 Å². The molecule has 0 fully saturated rings. The zero-order valence-electron chi connectivity index (χ0n) is 25.0. The Morgan fingerprint density at radius 1 is 0.450 bits per heavy atom. The lowest BCUT2D eigenvalue weighted by molar-refractivity contribution is 0.0727. The molecule has 0 aromatic heterocycles. The topological polar surface area (TPSA) is 30.9 Å². The summed E-state index contributed by atoms with van der Waals surface area (Å²) in [6, 6.07) is 31.3. The summed E-state index contributed by atoms with van der Waals surface area (Å²) in [6.45, 7) is 14.7. The third-order valence-corrected chi connectivity index (χ3v) is 7.36.